The number of fused-ring (bicyclic) bond motifs is 5. The second-order valence-corrected chi connectivity index (χ2v) is 10.7. The first-order valence-corrected chi connectivity index (χ1v) is 12.1. The second-order valence-electron chi connectivity index (χ2n) is 10.7. The molecule has 2 aliphatic carbocycles. The van der Waals surface area contributed by atoms with Crippen molar-refractivity contribution in [3.8, 4) is 11.4 Å². The highest BCUT2D eigenvalue weighted by atomic mass is 16.5. The van der Waals surface area contributed by atoms with Gasteiger partial charge < -0.3 is 9.30 Å². The van der Waals surface area contributed by atoms with E-state index in [1.54, 1.807) is 10.7 Å². The van der Waals surface area contributed by atoms with E-state index in [0.717, 1.165) is 46.4 Å². The van der Waals surface area contributed by atoms with Gasteiger partial charge in [-0.3, -0.25) is 0 Å². The van der Waals surface area contributed by atoms with Gasteiger partial charge in [0.2, 0.25) is 0 Å². The Morgan fingerprint density at radius 3 is 2.88 bits per heavy atom. The van der Waals surface area contributed by atoms with Crippen molar-refractivity contribution in [2.45, 2.75) is 65.0 Å². The van der Waals surface area contributed by atoms with Gasteiger partial charge in [-0.25, -0.2) is 24.5 Å². The van der Waals surface area contributed by atoms with Crippen molar-refractivity contribution >= 4 is 16.8 Å². The minimum absolute atomic E-state index is 0.313. The van der Waals surface area contributed by atoms with Crippen LogP contribution < -0.4 is 0 Å². The van der Waals surface area contributed by atoms with E-state index in [-0.39, 0.29) is 0 Å². The van der Waals surface area contributed by atoms with Crippen LogP contribution in [0.2, 0.25) is 0 Å². The van der Waals surface area contributed by atoms with Gasteiger partial charge in [0.1, 0.15) is 16.9 Å². The van der Waals surface area contributed by atoms with Crippen LogP contribution in [-0.4, -0.2) is 40.7 Å². The summed E-state index contributed by atoms with van der Waals surface area (Å²) in [6.45, 7) is 10.4. The zero-order valence-corrected chi connectivity index (χ0v) is 19.6. The van der Waals surface area contributed by atoms with E-state index in [2.05, 4.69) is 42.3 Å². The van der Waals surface area contributed by atoms with Gasteiger partial charge in [0, 0.05) is 30.9 Å². The van der Waals surface area contributed by atoms with Gasteiger partial charge in [-0.05, 0) is 43.9 Å². The first-order chi connectivity index (χ1) is 15.9. The molecule has 0 bridgehead atoms. The number of ether oxygens (including phenoxy) is 1. The highest BCUT2D eigenvalue weighted by molar-refractivity contribution is 5.79. The monoisotopic (exact) mass is 443 g/mol. The molecule has 2 saturated carbocycles. The minimum atomic E-state index is -0.443. The third-order valence-electron chi connectivity index (χ3n) is 8.70. The number of aromatic nitrogens is 7. The Morgan fingerprint density at radius 1 is 1.15 bits per heavy atom. The van der Waals surface area contributed by atoms with Crippen LogP contribution in [0.3, 0.4) is 0 Å². The average molecular weight is 444 g/mol. The van der Waals surface area contributed by atoms with Gasteiger partial charge in [0.25, 0.3) is 0 Å². The molecule has 4 unspecified atom stereocenters. The first kappa shape index (κ1) is 19.6. The maximum absolute atomic E-state index is 6.07. The predicted molar refractivity (Wildman–Crippen MR) is 124 cm³/mol. The number of nitrogens with zero attached hydrogens (tertiary/aromatic N) is 7. The van der Waals surface area contributed by atoms with Crippen LogP contribution in [0.1, 0.15) is 64.4 Å². The summed E-state index contributed by atoms with van der Waals surface area (Å²) in [7, 11) is 0. The topological polar surface area (TPSA) is 83.0 Å². The standard InChI is InChI=1S/C25H29N7O/c1-5-15-6-7-16-18(25(15,16)4)19-20-22(31-10-11-33-24(2,3)23(31)29-20)30-21(28-19)14-12-26-17-8-9-27-32(17)13-14/h8-9,12-13,15-16,18H,5-7,10-11H2,1-4H3. The quantitative estimate of drug-likeness (QED) is 0.468. The highest BCUT2D eigenvalue weighted by Crippen LogP contribution is 2.76. The van der Waals surface area contributed by atoms with Crippen molar-refractivity contribution in [2.24, 2.45) is 17.3 Å². The van der Waals surface area contributed by atoms with Crippen molar-refractivity contribution in [2.75, 3.05) is 6.61 Å². The molecule has 4 aromatic rings. The smallest absolute Gasteiger partial charge is 0.165 e. The van der Waals surface area contributed by atoms with Crippen LogP contribution >= 0.6 is 0 Å². The number of hydrogen-bond donors (Lipinski definition) is 0. The Kier molecular flexibility index (Phi) is 3.78. The van der Waals surface area contributed by atoms with E-state index in [9.17, 15) is 0 Å². The zero-order chi connectivity index (χ0) is 22.5. The summed E-state index contributed by atoms with van der Waals surface area (Å²) in [4.78, 5) is 20.0. The van der Waals surface area contributed by atoms with Gasteiger partial charge in [-0.2, -0.15) is 5.10 Å². The van der Waals surface area contributed by atoms with Gasteiger partial charge >= 0.3 is 0 Å². The third-order valence-corrected chi connectivity index (χ3v) is 8.70. The summed E-state index contributed by atoms with van der Waals surface area (Å²) in [6, 6.07) is 1.89. The van der Waals surface area contributed by atoms with Crippen LogP contribution in [0.5, 0.6) is 0 Å². The second kappa shape index (κ2) is 6.38. The Morgan fingerprint density at radius 2 is 2.03 bits per heavy atom. The molecule has 2 fully saturated rings. The molecule has 8 nitrogen and oxygen atoms in total. The Bertz CT molecular complexity index is 1420. The molecule has 4 atom stereocenters. The summed E-state index contributed by atoms with van der Waals surface area (Å²) in [5, 5.41) is 4.36. The lowest BCUT2D eigenvalue weighted by Gasteiger charge is -2.30. The molecule has 0 radical (unpaired) electrons. The van der Waals surface area contributed by atoms with Crippen molar-refractivity contribution in [3.63, 3.8) is 0 Å². The van der Waals surface area contributed by atoms with Crippen LogP contribution in [0.4, 0.5) is 0 Å². The molecule has 4 aromatic heterocycles. The molecule has 0 aromatic carbocycles. The van der Waals surface area contributed by atoms with Crippen LogP contribution in [0, 0.1) is 17.3 Å². The molecular weight excluding hydrogens is 414 g/mol. The Labute approximate surface area is 192 Å². The average Bonchev–Trinajstić information content (AvgIpc) is 3.23. The molecule has 0 N–H and O–H groups in total. The van der Waals surface area contributed by atoms with Crippen molar-refractivity contribution < 1.29 is 4.74 Å². The number of imidazole rings is 1. The Balaban J connectivity index is 1.47. The van der Waals surface area contributed by atoms with Crippen LogP contribution in [-0.2, 0) is 16.9 Å². The molecule has 170 valence electrons. The van der Waals surface area contributed by atoms with Gasteiger partial charge in [-0.15, -0.1) is 0 Å². The summed E-state index contributed by atoms with van der Waals surface area (Å²) in [5.74, 6) is 3.52. The zero-order valence-electron chi connectivity index (χ0n) is 19.6. The lowest BCUT2D eigenvalue weighted by molar-refractivity contribution is -0.0530. The van der Waals surface area contributed by atoms with Crippen molar-refractivity contribution in [1.29, 1.82) is 0 Å². The van der Waals surface area contributed by atoms with E-state index in [0.29, 0.717) is 29.7 Å². The molecule has 33 heavy (non-hydrogen) atoms. The summed E-state index contributed by atoms with van der Waals surface area (Å²) in [5.41, 5.74) is 4.54. The first-order valence-electron chi connectivity index (χ1n) is 12.1. The van der Waals surface area contributed by atoms with Crippen LogP contribution in [0.15, 0.2) is 24.7 Å². The lowest BCUT2D eigenvalue weighted by Crippen LogP contribution is -2.33. The minimum Gasteiger partial charge on any atom is -0.366 e. The fourth-order valence-corrected chi connectivity index (χ4v) is 6.90. The number of rotatable bonds is 3. The normalized spacial score (nSPS) is 30.0. The fourth-order valence-electron chi connectivity index (χ4n) is 6.90. The van der Waals surface area contributed by atoms with Crippen molar-refractivity contribution in [3.05, 3.63) is 36.2 Å². The largest absolute Gasteiger partial charge is 0.366 e. The Hall–Kier alpha value is -2.87. The van der Waals surface area contributed by atoms with Crippen molar-refractivity contribution in [1.82, 2.24) is 34.1 Å². The lowest BCUT2D eigenvalue weighted by atomic mass is 9.86. The predicted octanol–water partition coefficient (Wildman–Crippen LogP) is 4.34. The molecule has 0 spiro atoms. The molecule has 5 heterocycles. The van der Waals surface area contributed by atoms with E-state index in [1.807, 2.05) is 18.5 Å². The van der Waals surface area contributed by atoms with E-state index < -0.39 is 5.60 Å². The number of hydrogen-bond acceptors (Lipinski definition) is 6. The summed E-state index contributed by atoms with van der Waals surface area (Å²) < 4.78 is 10.1. The molecular formula is C25H29N7O. The molecule has 0 saturated heterocycles. The summed E-state index contributed by atoms with van der Waals surface area (Å²) in [6.07, 6.45) is 9.42. The maximum Gasteiger partial charge on any atom is 0.165 e. The van der Waals surface area contributed by atoms with E-state index in [1.165, 1.54) is 19.3 Å². The fraction of sp³-hybridized carbons (Fsp3) is 0.560. The third kappa shape index (κ3) is 2.53. The molecule has 0 amide bonds. The van der Waals surface area contributed by atoms with Gasteiger partial charge in [0.05, 0.1) is 24.1 Å². The molecule has 8 heteroatoms. The maximum atomic E-state index is 6.07. The molecule has 7 rings (SSSR count). The SMILES string of the molecule is CCC1CCC2C(c3nc(-c4cnc5ccnn5c4)nc4c3nc3n4CCOC3(C)C)C12C. The van der Waals surface area contributed by atoms with Gasteiger partial charge in [0.15, 0.2) is 17.1 Å². The van der Waals surface area contributed by atoms with Crippen LogP contribution in [0.25, 0.3) is 28.2 Å². The highest BCUT2D eigenvalue weighted by Gasteiger charge is 2.68. The van der Waals surface area contributed by atoms with Gasteiger partial charge in [-0.1, -0.05) is 20.3 Å². The summed E-state index contributed by atoms with van der Waals surface area (Å²) >= 11 is 0. The van der Waals surface area contributed by atoms with E-state index in [4.69, 9.17) is 19.7 Å². The van der Waals surface area contributed by atoms with E-state index >= 15 is 0 Å². The molecule has 1 aliphatic heterocycles. The molecule has 3 aliphatic rings.